The predicted octanol–water partition coefficient (Wildman–Crippen LogP) is 3.19. The number of nitrogens with one attached hydrogen (secondary N) is 2. The van der Waals surface area contributed by atoms with Crippen LogP contribution in [0.3, 0.4) is 0 Å². The van der Waals surface area contributed by atoms with Gasteiger partial charge in [-0.15, -0.1) is 11.3 Å². The Morgan fingerprint density at radius 2 is 1.80 bits per heavy atom. The average Bonchev–Trinajstić information content (AvgIpc) is 2.96. The highest BCUT2D eigenvalue weighted by molar-refractivity contribution is 7.21. The molecule has 2 amide bonds. The van der Waals surface area contributed by atoms with Gasteiger partial charge in [0.05, 0.1) is 4.88 Å². The third-order valence-corrected chi connectivity index (χ3v) is 4.83. The van der Waals surface area contributed by atoms with Crippen molar-refractivity contribution >= 4 is 33.2 Å². The van der Waals surface area contributed by atoms with E-state index < -0.39 is 24.2 Å². The minimum absolute atomic E-state index is 0.0238. The van der Waals surface area contributed by atoms with E-state index in [0.717, 1.165) is 15.6 Å². The lowest BCUT2D eigenvalue weighted by molar-refractivity contribution is -0.123. The molecule has 0 bridgehead atoms. The first-order chi connectivity index (χ1) is 12.1. The number of thiophene rings is 1. The fraction of sp³-hybridized carbons (Fsp3) is 0.111. The second-order valence-corrected chi connectivity index (χ2v) is 6.33. The molecule has 0 saturated carbocycles. The van der Waals surface area contributed by atoms with E-state index in [9.17, 15) is 14.0 Å². The minimum Gasteiger partial charge on any atom is -0.481 e. The van der Waals surface area contributed by atoms with Crippen LogP contribution < -0.4 is 15.6 Å². The molecule has 128 valence electrons. The largest absolute Gasteiger partial charge is 0.481 e. The van der Waals surface area contributed by atoms with E-state index in [4.69, 9.17) is 4.74 Å². The Labute approximate surface area is 147 Å². The Morgan fingerprint density at radius 3 is 2.56 bits per heavy atom. The molecule has 5 nitrogen and oxygen atoms in total. The number of amides is 2. The van der Waals surface area contributed by atoms with E-state index in [2.05, 4.69) is 10.9 Å². The molecule has 0 spiro atoms. The fourth-order valence-corrected chi connectivity index (χ4v) is 3.42. The van der Waals surface area contributed by atoms with Crippen LogP contribution in [-0.2, 0) is 4.79 Å². The van der Waals surface area contributed by atoms with Crippen molar-refractivity contribution in [2.45, 2.75) is 6.92 Å². The summed E-state index contributed by atoms with van der Waals surface area (Å²) in [7, 11) is 0. The molecule has 3 rings (SSSR count). The van der Waals surface area contributed by atoms with Crippen LogP contribution in [0.25, 0.3) is 10.1 Å². The fourth-order valence-electron chi connectivity index (χ4n) is 2.32. The lowest BCUT2D eigenvalue weighted by Crippen LogP contribution is -2.43. The van der Waals surface area contributed by atoms with Gasteiger partial charge in [-0.3, -0.25) is 20.4 Å². The van der Waals surface area contributed by atoms with Crippen LogP contribution in [0.1, 0.15) is 15.2 Å². The van der Waals surface area contributed by atoms with Crippen LogP contribution in [0.2, 0.25) is 0 Å². The second kappa shape index (κ2) is 7.31. The molecule has 2 aromatic carbocycles. The van der Waals surface area contributed by atoms with Crippen LogP contribution >= 0.6 is 11.3 Å². The van der Waals surface area contributed by atoms with Gasteiger partial charge < -0.3 is 4.74 Å². The third kappa shape index (κ3) is 3.77. The topological polar surface area (TPSA) is 67.4 Å². The molecular formula is C18H15FN2O3S. The number of hydrogen-bond donors (Lipinski definition) is 2. The molecule has 2 N–H and O–H groups in total. The first-order valence-electron chi connectivity index (χ1n) is 7.51. The van der Waals surface area contributed by atoms with Crippen molar-refractivity contribution in [1.29, 1.82) is 0 Å². The van der Waals surface area contributed by atoms with Gasteiger partial charge >= 0.3 is 0 Å². The maximum atomic E-state index is 13.4. The van der Waals surface area contributed by atoms with Crippen molar-refractivity contribution in [2.75, 3.05) is 6.61 Å². The summed E-state index contributed by atoms with van der Waals surface area (Å²) in [5.74, 6) is -1.57. The number of carbonyl (C=O) groups excluding carboxylic acids is 2. The molecule has 25 heavy (non-hydrogen) atoms. The van der Waals surface area contributed by atoms with Gasteiger partial charge in [-0.1, -0.05) is 30.3 Å². The van der Waals surface area contributed by atoms with Crippen LogP contribution in [0.5, 0.6) is 5.75 Å². The van der Waals surface area contributed by atoms with E-state index in [-0.39, 0.29) is 5.75 Å². The zero-order valence-electron chi connectivity index (χ0n) is 13.3. The van der Waals surface area contributed by atoms with Crippen LogP contribution in [-0.4, -0.2) is 18.4 Å². The Hall–Kier alpha value is -2.93. The summed E-state index contributed by atoms with van der Waals surface area (Å²) in [6.07, 6.45) is 0. The molecule has 0 saturated heterocycles. The minimum atomic E-state index is -0.588. The van der Waals surface area contributed by atoms with Crippen LogP contribution in [0, 0.1) is 12.7 Å². The molecule has 0 aliphatic carbocycles. The number of rotatable bonds is 4. The van der Waals surface area contributed by atoms with E-state index in [0.29, 0.717) is 4.88 Å². The summed E-state index contributed by atoms with van der Waals surface area (Å²) in [5, 5.41) is 1.01. The Balaban J connectivity index is 1.57. The monoisotopic (exact) mass is 358 g/mol. The van der Waals surface area contributed by atoms with E-state index in [1.165, 1.54) is 29.5 Å². The highest BCUT2D eigenvalue weighted by Gasteiger charge is 2.16. The average molecular weight is 358 g/mol. The molecule has 3 aromatic rings. The van der Waals surface area contributed by atoms with Gasteiger partial charge in [0, 0.05) is 4.70 Å². The lowest BCUT2D eigenvalue weighted by Gasteiger charge is -2.09. The summed E-state index contributed by atoms with van der Waals surface area (Å²) in [4.78, 5) is 24.5. The van der Waals surface area contributed by atoms with Gasteiger partial charge in [0.25, 0.3) is 11.8 Å². The lowest BCUT2D eigenvalue weighted by atomic mass is 10.1. The maximum absolute atomic E-state index is 13.4. The summed E-state index contributed by atoms with van der Waals surface area (Å²) in [6.45, 7) is 1.45. The van der Waals surface area contributed by atoms with E-state index in [1.807, 2.05) is 31.2 Å². The normalized spacial score (nSPS) is 10.5. The number of hydrazine groups is 1. The first kappa shape index (κ1) is 16.9. The number of aryl methyl sites for hydroxylation is 1. The second-order valence-electron chi connectivity index (χ2n) is 5.27. The molecule has 0 aliphatic heterocycles. The Morgan fingerprint density at radius 1 is 1.08 bits per heavy atom. The van der Waals surface area contributed by atoms with Gasteiger partial charge in [0.2, 0.25) is 0 Å². The number of benzene rings is 2. The van der Waals surface area contributed by atoms with Gasteiger partial charge in [0.15, 0.2) is 18.2 Å². The predicted molar refractivity (Wildman–Crippen MR) is 94.1 cm³/mol. The van der Waals surface area contributed by atoms with Crippen molar-refractivity contribution in [2.24, 2.45) is 0 Å². The van der Waals surface area contributed by atoms with Crippen LogP contribution in [0.15, 0.2) is 48.5 Å². The molecule has 7 heteroatoms. The van der Waals surface area contributed by atoms with Crippen molar-refractivity contribution in [3.8, 4) is 5.75 Å². The van der Waals surface area contributed by atoms with Crippen molar-refractivity contribution in [1.82, 2.24) is 10.9 Å². The third-order valence-electron chi connectivity index (χ3n) is 3.56. The molecule has 0 atom stereocenters. The molecule has 0 radical (unpaired) electrons. The van der Waals surface area contributed by atoms with Gasteiger partial charge in [-0.25, -0.2) is 4.39 Å². The van der Waals surface area contributed by atoms with Gasteiger partial charge in [-0.2, -0.15) is 0 Å². The van der Waals surface area contributed by atoms with Crippen molar-refractivity contribution in [3.63, 3.8) is 0 Å². The molecule has 0 unspecified atom stereocenters. The van der Waals surface area contributed by atoms with E-state index in [1.54, 1.807) is 6.07 Å². The molecule has 0 aliphatic rings. The molecule has 1 aromatic heterocycles. The molecular weight excluding hydrogens is 343 g/mol. The summed E-state index contributed by atoms with van der Waals surface area (Å²) in [6, 6.07) is 13.5. The number of carbonyl (C=O) groups is 2. The Bertz CT molecular complexity index is 939. The molecule has 0 fully saturated rings. The van der Waals surface area contributed by atoms with Crippen LogP contribution in [0.4, 0.5) is 4.39 Å². The van der Waals surface area contributed by atoms with Crippen molar-refractivity contribution in [3.05, 3.63) is 64.8 Å². The first-order valence-corrected chi connectivity index (χ1v) is 8.32. The van der Waals surface area contributed by atoms with Gasteiger partial charge in [-0.05, 0) is 36.1 Å². The van der Waals surface area contributed by atoms with Gasteiger partial charge in [0.1, 0.15) is 0 Å². The maximum Gasteiger partial charge on any atom is 0.280 e. The Kier molecular flexibility index (Phi) is 4.95. The number of hydrogen-bond acceptors (Lipinski definition) is 4. The molecule has 1 heterocycles. The summed E-state index contributed by atoms with van der Waals surface area (Å²) >= 11 is 1.35. The number of para-hydroxylation sites is 1. The summed E-state index contributed by atoms with van der Waals surface area (Å²) in [5.41, 5.74) is 5.47. The number of ether oxygens (including phenoxy) is 1. The highest BCUT2D eigenvalue weighted by Crippen LogP contribution is 2.30. The number of fused-ring (bicyclic) bond motifs is 1. The smallest absolute Gasteiger partial charge is 0.280 e. The summed E-state index contributed by atoms with van der Waals surface area (Å²) < 4.78 is 19.5. The highest BCUT2D eigenvalue weighted by atomic mass is 32.1. The standard InChI is InChI=1S/C18H15FN2O3S/c1-11-12-6-2-5-9-15(12)25-17(11)18(23)21-20-16(22)10-24-14-8-4-3-7-13(14)19/h2-9H,10H2,1H3,(H,20,22)(H,21,23). The van der Waals surface area contributed by atoms with Crippen molar-refractivity contribution < 1.29 is 18.7 Å². The zero-order valence-corrected chi connectivity index (χ0v) is 14.2. The zero-order chi connectivity index (χ0) is 17.8. The quantitative estimate of drug-likeness (QED) is 0.704. The SMILES string of the molecule is Cc1c(C(=O)NNC(=O)COc2ccccc2F)sc2ccccc12. The van der Waals surface area contributed by atoms with E-state index >= 15 is 0 Å². The number of halogens is 1.